The van der Waals surface area contributed by atoms with E-state index in [2.05, 4.69) is 4.72 Å². The number of carbonyl (C=O) groups is 1. The van der Waals surface area contributed by atoms with E-state index < -0.39 is 6.04 Å². The molecule has 124 valence electrons. The lowest BCUT2D eigenvalue weighted by molar-refractivity contribution is -0.143. The number of benzene rings is 2. The summed E-state index contributed by atoms with van der Waals surface area (Å²) in [5.41, 5.74) is 4.09. The van der Waals surface area contributed by atoms with Crippen LogP contribution < -0.4 is 4.72 Å². The zero-order valence-corrected chi connectivity index (χ0v) is 14.8. The molecule has 1 unspecified atom stereocenters. The number of ether oxygens (including phenoxy) is 1. The first-order valence-corrected chi connectivity index (χ1v) is 8.91. The summed E-state index contributed by atoms with van der Waals surface area (Å²) in [4.78, 5) is 12.5. The molecule has 0 saturated carbocycles. The van der Waals surface area contributed by atoms with Crippen LogP contribution in [0.2, 0.25) is 0 Å². The zero-order chi connectivity index (χ0) is 17.1. The van der Waals surface area contributed by atoms with Crippen molar-refractivity contribution in [3.63, 3.8) is 0 Å². The second-order valence-corrected chi connectivity index (χ2v) is 6.22. The minimum absolute atomic E-state index is 0.278. The van der Waals surface area contributed by atoms with Crippen LogP contribution in [0.5, 0.6) is 0 Å². The minimum Gasteiger partial charge on any atom is -0.467 e. The lowest BCUT2D eigenvalue weighted by Crippen LogP contribution is -2.21. The second kappa shape index (κ2) is 7.01. The quantitative estimate of drug-likeness (QED) is 0.552. The highest BCUT2D eigenvalue weighted by Gasteiger charge is 2.24. The number of fused-ring (bicyclic) bond motifs is 1. The third-order valence-electron chi connectivity index (χ3n) is 4.07. The average molecular weight is 340 g/mol. The summed E-state index contributed by atoms with van der Waals surface area (Å²) in [5, 5.41) is 1.08. The van der Waals surface area contributed by atoms with Crippen LogP contribution in [0.4, 0.5) is 5.69 Å². The van der Waals surface area contributed by atoms with E-state index in [-0.39, 0.29) is 5.97 Å². The maximum absolute atomic E-state index is 12.5. The normalized spacial score (nSPS) is 12.1. The average Bonchev–Trinajstić information content (AvgIpc) is 3.02. The Labute approximate surface area is 145 Å². The number of hydrogen-bond donors (Lipinski definition) is 1. The van der Waals surface area contributed by atoms with Gasteiger partial charge in [-0.1, -0.05) is 47.8 Å². The number of carbonyl (C=O) groups excluding carboxylic acids is 1. The molecule has 0 saturated heterocycles. The van der Waals surface area contributed by atoms with Gasteiger partial charge in [0.05, 0.1) is 18.3 Å². The number of rotatable bonds is 5. The smallest absolute Gasteiger partial charge is 0.333 e. The van der Waals surface area contributed by atoms with Gasteiger partial charge in [-0.3, -0.25) is 0 Å². The molecule has 5 heteroatoms. The Morgan fingerprint density at radius 2 is 1.92 bits per heavy atom. The molecule has 4 nitrogen and oxygen atoms in total. The summed E-state index contributed by atoms with van der Waals surface area (Å²) in [6.07, 6.45) is 3.93. The monoisotopic (exact) mass is 340 g/mol. The molecular weight excluding hydrogens is 320 g/mol. The van der Waals surface area contributed by atoms with Gasteiger partial charge in [-0.05, 0) is 30.7 Å². The van der Waals surface area contributed by atoms with E-state index in [0.29, 0.717) is 0 Å². The molecule has 1 aromatic heterocycles. The van der Waals surface area contributed by atoms with Crippen molar-refractivity contribution in [2.45, 2.75) is 13.0 Å². The zero-order valence-electron chi connectivity index (χ0n) is 13.9. The largest absolute Gasteiger partial charge is 0.467 e. The van der Waals surface area contributed by atoms with Gasteiger partial charge in [-0.2, -0.15) is 0 Å². The fraction of sp³-hybridized carbons (Fsp3) is 0.211. The van der Waals surface area contributed by atoms with E-state index in [4.69, 9.17) is 4.74 Å². The van der Waals surface area contributed by atoms with Crippen molar-refractivity contribution in [1.82, 2.24) is 4.57 Å². The summed E-state index contributed by atoms with van der Waals surface area (Å²) in [6, 6.07) is 15.5. The molecule has 0 bridgehead atoms. The number of aryl methyl sites for hydroxylation is 1. The van der Waals surface area contributed by atoms with Crippen molar-refractivity contribution in [2.24, 2.45) is 0 Å². The van der Waals surface area contributed by atoms with Crippen LogP contribution in [0.25, 0.3) is 10.9 Å². The molecule has 2 aromatic carbocycles. The van der Waals surface area contributed by atoms with Crippen LogP contribution in [0, 0.1) is 6.92 Å². The Kier molecular flexibility index (Phi) is 4.81. The van der Waals surface area contributed by atoms with E-state index in [9.17, 15) is 4.79 Å². The molecule has 3 aromatic rings. The van der Waals surface area contributed by atoms with Gasteiger partial charge in [0.1, 0.15) is 0 Å². The van der Waals surface area contributed by atoms with Crippen molar-refractivity contribution < 1.29 is 9.53 Å². The predicted octanol–water partition coefficient (Wildman–Crippen LogP) is 4.40. The van der Waals surface area contributed by atoms with Gasteiger partial charge in [0, 0.05) is 17.8 Å². The predicted molar refractivity (Wildman–Crippen MR) is 100 cm³/mol. The Hall–Kier alpha value is -2.40. The third kappa shape index (κ3) is 2.99. The minimum atomic E-state index is -0.502. The highest BCUT2D eigenvalue weighted by atomic mass is 32.2. The third-order valence-corrected chi connectivity index (χ3v) is 4.49. The molecule has 0 aliphatic heterocycles. The molecule has 1 atom stereocenters. The summed E-state index contributed by atoms with van der Waals surface area (Å²) < 4.78 is 10.3. The van der Waals surface area contributed by atoms with E-state index in [1.807, 2.05) is 72.5 Å². The highest BCUT2D eigenvalue weighted by Crippen LogP contribution is 2.31. The summed E-state index contributed by atoms with van der Waals surface area (Å²) in [7, 11) is 1.43. The van der Waals surface area contributed by atoms with Crippen LogP contribution in [0.15, 0.2) is 54.7 Å². The summed E-state index contributed by atoms with van der Waals surface area (Å²) in [5.74, 6) is -0.278. The Bertz CT molecular complexity index is 855. The number of methoxy groups -OCH3 is 1. The van der Waals surface area contributed by atoms with Gasteiger partial charge in [0.25, 0.3) is 0 Å². The number of anilines is 1. The van der Waals surface area contributed by atoms with E-state index in [1.54, 1.807) is 11.9 Å². The first-order chi connectivity index (χ1) is 11.7. The van der Waals surface area contributed by atoms with E-state index in [0.717, 1.165) is 27.7 Å². The number of nitrogens with zero attached hydrogens (tertiary/aromatic N) is 1. The van der Waals surface area contributed by atoms with E-state index >= 15 is 0 Å². The van der Waals surface area contributed by atoms with E-state index in [1.165, 1.54) is 7.11 Å². The summed E-state index contributed by atoms with van der Waals surface area (Å²) in [6.45, 7) is 2.03. The van der Waals surface area contributed by atoms with Crippen molar-refractivity contribution in [3.05, 3.63) is 65.9 Å². The SMILES string of the molecule is COC(=O)C(c1ccc(C)cc1)n1ccc2c(NSC)cccc21. The lowest BCUT2D eigenvalue weighted by atomic mass is 10.0. The van der Waals surface area contributed by atoms with Gasteiger partial charge in [0.2, 0.25) is 0 Å². The lowest BCUT2D eigenvalue weighted by Gasteiger charge is -2.19. The molecule has 24 heavy (non-hydrogen) atoms. The molecule has 0 amide bonds. The molecule has 1 N–H and O–H groups in total. The standard InChI is InChI=1S/C19H20N2O2S/c1-13-7-9-14(10-8-13)18(19(22)23-2)21-12-11-15-16(20-24-3)5-4-6-17(15)21/h4-12,18,20H,1-3H3. The maximum Gasteiger partial charge on any atom is 0.333 e. The Morgan fingerprint density at radius 1 is 1.17 bits per heavy atom. The Balaban J connectivity index is 2.15. The number of esters is 1. The molecule has 1 heterocycles. The van der Waals surface area contributed by atoms with Gasteiger partial charge < -0.3 is 14.0 Å². The van der Waals surface area contributed by atoms with Crippen molar-refractivity contribution in [2.75, 3.05) is 18.1 Å². The molecule has 0 radical (unpaired) electrons. The van der Waals surface area contributed by atoms with Gasteiger partial charge in [0.15, 0.2) is 6.04 Å². The maximum atomic E-state index is 12.5. The topological polar surface area (TPSA) is 43.3 Å². The first kappa shape index (κ1) is 16.5. The molecule has 3 rings (SSSR count). The summed E-state index contributed by atoms with van der Waals surface area (Å²) >= 11 is 1.55. The molecule has 0 aliphatic carbocycles. The Morgan fingerprint density at radius 3 is 2.58 bits per heavy atom. The van der Waals surface area contributed by atoms with Crippen LogP contribution in [0.1, 0.15) is 17.2 Å². The second-order valence-electron chi connectivity index (χ2n) is 5.60. The van der Waals surface area contributed by atoms with Crippen molar-refractivity contribution in [3.8, 4) is 0 Å². The fourth-order valence-electron chi connectivity index (χ4n) is 2.88. The number of hydrogen-bond acceptors (Lipinski definition) is 4. The fourth-order valence-corrected chi connectivity index (χ4v) is 3.28. The number of nitrogens with one attached hydrogen (secondary N) is 1. The van der Waals surface area contributed by atoms with Gasteiger partial charge in [-0.15, -0.1) is 0 Å². The number of aromatic nitrogens is 1. The highest BCUT2D eigenvalue weighted by molar-refractivity contribution is 7.99. The van der Waals surface area contributed by atoms with Crippen LogP contribution in [0.3, 0.4) is 0 Å². The molecule has 0 fully saturated rings. The van der Waals surface area contributed by atoms with Crippen LogP contribution >= 0.6 is 11.9 Å². The molecule has 0 spiro atoms. The first-order valence-electron chi connectivity index (χ1n) is 7.68. The van der Waals surface area contributed by atoms with Crippen molar-refractivity contribution >= 4 is 34.5 Å². The van der Waals surface area contributed by atoms with Crippen LogP contribution in [-0.4, -0.2) is 23.9 Å². The van der Waals surface area contributed by atoms with Crippen molar-refractivity contribution in [1.29, 1.82) is 0 Å². The van der Waals surface area contributed by atoms with Crippen LogP contribution in [-0.2, 0) is 9.53 Å². The molecular formula is C19H20N2O2S. The van der Waals surface area contributed by atoms with Gasteiger partial charge >= 0.3 is 5.97 Å². The molecule has 0 aliphatic rings. The van der Waals surface area contributed by atoms with Gasteiger partial charge in [-0.25, -0.2) is 4.79 Å².